The smallest absolute Gasteiger partial charge is 0.347 e. The Hall–Kier alpha value is -1.51. The number of hydrogen-bond donors (Lipinski definition) is 4. The fourth-order valence-corrected chi connectivity index (χ4v) is 2.04. The highest BCUT2D eigenvalue weighted by atomic mass is 32.1. The molecule has 2 atom stereocenters. The molecule has 7 nitrogen and oxygen atoms in total. The molecule has 0 aromatic carbocycles. The van der Waals surface area contributed by atoms with Crippen LogP contribution in [0.1, 0.15) is 34.1 Å². The summed E-state index contributed by atoms with van der Waals surface area (Å²) in [5.74, 6) is -1.35. The first-order valence-corrected chi connectivity index (χ1v) is 6.03. The molecule has 0 radical (unpaired) electrons. The topological polar surface area (TPSA) is 120 Å². The van der Waals surface area contributed by atoms with Crippen molar-refractivity contribution in [2.24, 2.45) is 0 Å². The van der Waals surface area contributed by atoms with Gasteiger partial charge in [0.1, 0.15) is 16.0 Å². The molecule has 1 aromatic rings. The molecule has 0 spiro atoms. The maximum Gasteiger partial charge on any atom is 0.347 e. The number of nitrogens with one attached hydrogen (secondary N) is 1. The summed E-state index contributed by atoms with van der Waals surface area (Å²) in [6.07, 6.45) is -1.07. The molecular formula is C10H14N2O5S. The molecule has 0 saturated heterocycles. The largest absolute Gasteiger partial charge is 0.477 e. The number of carboxylic acid groups (broad SMARTS) is 1. The van der Waals surface area contributed by atoms with Crippen molar-refractivity contribution in [3.8, 4) is 0 Å². The first-order valence-electron chi connectivity index (χ1n) is 5.21. The number of aromatic carboxylic acids is 1. The molecule has 1 rings (SSSR count). The van der Waals surface area contributed by atoms with Gasteiger partial charge < -0.3 is 20.6 Å². The van der Waals surface area contributed by atoms with E-state index < -0.39 is 18.2 Å². The van der Waals surface area contributed by atoms with E-state index in [1.807, 2.05) is 0 Å². The van der Waals surface area contributed by atoms with Crippen molar-refractivity contribution in [1.82, 2.24) is 10.3 Å². The quantitative estimate of drug-likeness (QED) is 0.568. The van der Waals surface area contributed by atoms with Gasteiger partial charge in [-0.3, -0.25) is 4.79 Å². The van der Waals surface area contributed by atoms with E-state index in [1.165, 1.54) is 6.92 Å². The van der Waals surface area contributed by atoms with Crippen LogP contribution in [0.2, 0.25) is 0 Å². The Kier molecular flexibility index (Phi) is 5.20. The van der Waals surface area contributed by atoms with Crippen LogP contribution in [-0.4, -0.2) is 44.8 Å². The summed E-state index contributed by atoms with van der Waals surface area (Å²) >= 11 is 0.809. The van der Waals surface area contributed by atoms with Crippen molar-refractivity contribution in [1.29, 1.82) is 0 Å². The summed E-state index contributed by atoms with van der Waals surface area (Å²) in [7, 11) is 0. The number of carbonyl (C=O) groups is 2. The van der Waals surface area contributed by atoms with E-state index in [9.17, 15) is 19.8 Å². The van der Waals surface area contributed by atoms with Crippen molar-refractivity contribution in [2.45, 2.75) is 25.6 Å². The van der Waals surface area contributed by atoms with Crippen LogP contribution in [0.4, 0.5) is 0 Å². The van der Waals surface area contributed by atoms with Crippen molar-refractivity contribution >= 4 is 23.2 Å². The highest BCUT2D eigenvalue weighted by Crippen LogP contribution is 2.23. The minimum atomic E-state index is -1.25. The normalized spacial score (nSPS) is 13.9. The lowest BCUT2D eigenvalue weighted by Crippen LogP contribution is -2.27. The average Bonchev–Trinajstić information content (AvgIpc) is 2.76. The Morgan fingerprint density at radius 1 is 1.50 bits per heavy atom. The maximum absolute atomic E-state index is 10.6. The molecule has 4 N–H and O–H groups in total. The summed E-state index contributed by atoms with van der Waals surface area (Å²) in [4.78, 5) is 25.0. The molecule has 18 heavy (non-hydrogen) atoms. The molecule has 0 aliphatic rings. The first-order chi connectivity index (χ1) is 8.41. The van der Waals surface area contributed by atoms with Crippen LogP contribution < -0.4 is 5.32 Å². The van der Waals surface area contributed by atoms with Gasteiger partial charge in [0.05, 0.1) is 12.3 Å². The second-order valence-corrected chi connectivity index (χ2v) is 4.71. The molecule has 0 fully saturated rings. The minimum Gasteiger partial charge on any atom is -0.477 e. The summed E-state index contributed by atoms with van der Waals surface area (Å²) in [5.41, 5.74) is 0. The Morgan fingerprint density at radius 2 is 2.17 bits per heavy atom. The third-order valence-electron chi connectivity index (χ3n) is 2.17. The summed E-state index contributed by atoms with van der Waals surface area (Å²) in [6.45, 7) is 1.58. The number of carbonyl (C=O) groups excluding carboxylic acids is 1. The van der Waals surface area contributed by atoms with Gasteiger partial charge in [-0.25, -0.2) is 9.78 Å². The molecule has 1 heterocycles. The molecule has 0 saturated carbocycles. The lowest BCUT2D eigenvalue weighted by atomic mass is 10.1. The molecule has 2 unspecified atom stereocenters. The van der Waals surface area contributed by atoms with Crippen LogP contribution in [0, 0.1) is 0 Å². The van der Waals surface area contributed by atoms with Crippen LogP contribution in [0.5, 0.6) is 0 Å². The van der Waals surface area contributed by atoms with Crippen LogP contribution in [-0.2, 0) is 4.79 Å². The van der Waals surface area contributed by atoms with E-state index in [4.69, 9.17) is 5.11 Å². The molecule has 100 valence electrons. The Balaban J connectivity index is 2.53. The minimum absolute atomic E-state index is 0.00175. The zero-order valence-corrected chi connectivity index (χ0v) is 10.5. The fraction of sp³-hybridized carbons (Fsp3) is 0.500. The van der Waals surface area contributed by atoms with Crippen LogP contribution in [0.15, 0.2) is 6.20 Å². The lowest BCUT2D eigenvalue weighted by Gasteiger charge is -2.15. The van der Waals surface area contributed by atoms with Gasteiger partial charge in [0.2, 0.25) is 5.91 Å². The van der Waals surface area contributed by atoms with Gasteiger partial charge in [-0.2, -0.15) is 0 Å². The lowest BCUT2D eigenvalue weighted by molar-refractivity contribution is -0.119. The highest BCUT2D eigenvalue weighted by molar-refractivity contribution is 7.13. The predicted octanol–water partition coefficient (Wildman–Crippen LogP) is -0.238. The summed E-state index contributed by atoms with van der Waals surface area (Å²) in [5, 5.41) is 30.7. The fourth-order valence-electron chi connectivity index (χ4n) is 1.24. The third kappa shape index (κ3) is 4.06. The number of aliphatic hydroxyl groups excluding tert-OH is 2. The number of aliphatic hydroxyl groups is 2. The van der Waals surface area contributed by atoms with Crippen molar-refractivity contribution in [2.75, 3.05) is 6.54 Å². The van der Waals surface area contributed by atoms with Gasteiger partial charge in [0.15, 0.2) is 0 Å². The molecule has 0 bridgehead atoms. The average molecular weight is 274 g/mol. The van der Waals surface area contributed by atoms with E-state index in [2.05, 4.69) is 10.3 Å². The van der Waals surface area contributed by atoms with E-state index in [1.54, 1.807) is 0 Å². The SMILES string of the molecule is CC(=O)NCCC(O)C(O)c1ncc(C(=O)O)s1. The number of aromatic nitrogens is 1. The summed E-state index contributed by atoms with van der Waals surface area (Å²) in [6, 6.07) is 0. The molecular weight excluding hydrogens is 260 g/mol. The van der Waals surface area contributed by atoms with Crippen LogP contribution in [0.25, 0.3) is 0 Å². The van der Waals surface area contributed by atoms with Gasteiger partial charge >= 0.3 is 5.97 Å². The maximum atomic E-state index is 10.6. The van der Waals surface area contributed by atoms with E-state index in [-0.39, 0.29) is 28.8 Å². The van der Waals surface area contributed by atoms with Gasteiger partial charge in [-0.1, -0.05) is 0 Å². The Bertz CT molecular complexity index is 434. The monoisotopic (exact) mass is 274 g/mol. The number of hydrogen-bond acceptors (Lipinski definition) is 6. The van der Waals surface area contributed by atoms with Gasteiger partial charge in [-0.15, -0.1) is 11.3 Å². The zero-order valence-electron chi connectivity index (χ0n) is 9.66. The number of carboxylic acids is 1. The molecule has 0 aliphatic carbocycles. The highest BCUT2D eigenvalue weighted by Gasteiger charge is 2.22. The van der Waals surface area contributed by atoms with Crippen molar-refractivity contribution < 1.29 is 24.9 Å². The number of amides is 1. The first kappa shape index (κ1) is 14.6. The summed E-state index contributed by atoms with van der Waals surface area (Å²) < 4.78 is 0. The third-order valence-corrected chi connectivity index (χ3v) is 3.22. The number of rotatable bonds is 6. The Labute approximate surface area is 107 Å². The molecule has 8 heteroatoms. The second-order valence-electron chi connectivity index (χ2n) is 3.65. The van der Waals surface area contributed by atoms with E-state index in [0.29, 0.717) is 0 Å². The van der Waals surface area contributed by atoms with Gasteiger partial charge in [-0.05, 0) is 6.42 Å². The van der Waals surface area contributed by atoms with Crippen LogP contribution in [0.3, 0.4) is 0 Å². The second kappa shape index (κ2) is 6.43. The number of nitrogens with zero attached hydrogens (tertiary/aromatic N) is 1. The Morgan fingerprint density at radius 3 is 2.67 bits per heavy atom. The molecule has 1 amide bonds. The predicted molar refractivity (Wildman–Crippen MR) is 63.3 cm³/mol. The standard InChI is InChI=1S/C10H14N2O5S/c1-5(13)11-3-2-6(14)8(15)9-12-4-7(18-9)10(16)17/h4,6,8,14-15H,2-3H2,1H3,(H,11,13)(H,16,17). The van der Waals surface area contributed by atoms with Gasteiger partial charge in [0, 0.05) is 13.5 Å². The van der Waals surface area contributed by atoms with E-state index in [0.717, 1.165) is 17.5 Å². The zero-order chi connectivity index (χ0) is 13.7. The van der Waals surface area contributed by atoms with Crippen LogP contribution >= 0.6 is 11.3 Å². The van der Waals surface area contributed by atoms with E-state index >= 15 is 0 Å². The van der Waals surface area contributed by atoms with Crippen molar-refractivity contribution in [3.05, 3.63) is 16.1 Å². The molecule has 1 aromatic heterocycles. The molecule has 0 aliphatic heterocycles. The van der Waals surface area contributed by atoms with Crippen molar-refractivity contribution in [3.63, 3.8) is 0 Å². The van der Waals surface area contributed by atoms with Gasteiger partial charge in [0.25, 0.3) is 0 Å². The number of thiazole rings is 1.